The van der Waals surface area contributed by atoms with Crippen LogP contribution in [0.5, 0.6) is 0 Å². The SMILES string of the molecule is C=C(C(C)C)N1CCC(N(C)C)C1.C=C(C(C)C)N1CCC(N(C)C)CC1.C=C(C(C)C)N1CCC(N)CC1.C=C(C(C)C)N1CCC(NC)C1.C=C(C(C)C)N1CCC(NC)CC1.C=C(C(C)C)N1CCCC(NC)C1.C=C(C(C)C)N1CCN(C)CC1.C=C(C(C)C)N1CCNCC1.C=C(C(C)C)N1CCOCC1. The van der Waals surface area contributed by atoms with E-state index in [0.29, 0.717) is 71.4 Å². The molecule has 0 spiro atoms. The average Bonchev–Trinajstić information content (AvgIpc) is 1.84. The fraction of sp³-hybridized carbons (Fsp3) is 0.806. The summed E-state index contributed by atoms with van der Waals surface area (Å²) >= 11 is 0. The van der Waals surface area contributed by atoms with E-state index in [1.165, 1.54) is 162 Å². The number of nitrogens with zero attached hydrogens (tertiary/aromatic N) is 12. The monoisotopic (exact) mass is 1560 g/mol. The van der Waals surface area contributed by atoms with E-state index in [9.17, 15) is 0 Å². The minimum Gasteiger partial charge on any atom is -0.378 e. The predicted molar refractivity (Wildman–Crippen MR) is 489 cm³/mol. The van der Waals surface area contributed by atoms with Crippen LogP contribution in [0.3, 0.4) is 0 Å². The Morgan fingerprint density at radius 3 is 0.910 bits per heavy atom. The van der Waals surface area contributed by atoms with Gasteiger partial charge in [0.25, 0.3) is 0 Å². The van der Waals surface area contributed by atoms with Crippen LogP contribution >= 0.6 is 0 Å². The van der Waals surface area contributed by atoms with Crippen LogP contribution in [-0.2, 0) is 4.74 Å². The molecule has 0 amide bonds. The van der Waals surface area contributed by atoms with Crippen molar-refractivity contribution in [2.24, 2.45) is 59.0 Å². The lowest BCUT2D eigenvalue weighted by Gasteiger charge is -2.38. The van der Waals surface area contributed by atoms with Crippen LogP contribution in [-0.4, -0.2) is 309 Å². The number of likely N-dealkylation sites (tertiary alicyclic amines) is 6. The maximum absolute atomic E-state index is 5.82. The molecule has 0 radical (unpaired) electrons. The van der Waals surface area contributed by atoms with Crippen molar-refractivity contribution in [2.45, 2.75) is 225 Å². The smallest absolute Gasteiger partial charge is 0.0642 e. The second-order valence-electron chi connectivity index (χ2n) is 36.1. The molecule has 9 saturated heterocycles. The molecule has 6 N–H and O–H groups in total. The van der Waals surface area contributed by atoms with Crippen LogP contribution in [0.25, 0.3) is 0 Å². The van der Waals surface area contributed by atoms with Gasteiger partial charge in [0.15, 0.2) is 0 Å². The van der Waals surface area contributed by atoms with Gasteiger partial charge in [0.05, 0.1) is 13.2 Å². The molecule has 0 aromatic heterocycles. The molecule has 0 aliphatic carbocycles. The van der Waals surface area contributed by atoms with Crippen molar-refractivity contribution in [3.05, 3.63) is 110 Å². The van der Waals surface area contributed by atoms with Crippen molar-refractivity contribution in [3.63, 3.8) is 0 Å². The van der Waals surface area contributed by atoms with Gasteiger partial charge >= 0.3 is 0 Å². The van der Waals surface area contributed by atoms with Crippen LogP contribution in [0.4, 0.5) is 0 Å². The number of rotatable bonds is 23. The Morgan fingerprint density at radius 2 is 0.577 bits per heavy atom. The summed E-state index contributed by atoms with van der Waals surface area (Å²) in [5.74, 6) is 5.24. The van der Waals surface area contributed by atoms with Gasteiger partial charge in [-0.15, -0.1) is 0 Å². The molecule has 9 aliphatic rings. The van der Waals surface area contributed by atoms with E-state index < -0.39 is 0 Å². The zero-order chi connectivity index (χ0) is 84.4. The molecule has 0 aromatic carbocycles. The van der Waals surface area contributed by atoms with Gasteiger partial charge in [-0.25, -0.2) is 0 Å². The molecule has 9 aliphatic heterocycles. The van der Waals surface area contributed by atoms with Gasteiger partial charge in [-0.05, 0) is 174 Å². The number of piperidine rings is 4. The highest BCUT2D eigenvalue weighted by Crippen LogP contribution is 2.26. The van der Waals surface area contributed by atoms with Gasteiger partial charge in [-0.1, -0.05) is 184 Å². The molecule has 0 bridgehead atoms. The van der Waals surface area contributed by atoms with E-state index in [1.807, 2.05) is 14.1 Å². The quantitative estimate of drug-likeness (QED) is 0.0666. The van der Waals surface area contributed by atoms with Crippen molar-refractivity contribution in [1.82, 2.24) is 80.1 Å². The Balaban J connectivity index is 0.000000625. The van der Waals surface area contributed by atoms with Crippen LogP contribution in [0.1, 0.15) is 189 Å². The topological polar surface area (TPSA) is 122 Å². The number of allylic oxidation sites excluding steroid dienone is 9. The number of likely N-dealkylation sites (N-methyl/N-ethyl adjacent to an activating group) is 4. The fourth-order valence-electron chi connectivity index (χ4n) is 14.6. The summed E-state index contributed by atoms with van der Waals surface area (Å²) < 4.78 is 5.25. The third kappa shape index (κ3) is 41.3. The largest absolute Gasteiger partial charge is 0.378 e. The molecule has 9 rings (SSSR count). The number of hydrogen-bond donors (Lipinski definition) is 5. The van der Waals surface area contributed by atoms with E-state index in [0.717, 1.165) is 129 Å². The molecular formula is C93H185N17O. The van der Waals surface area contributed by atoms with Crippen molar-refractivity contribution in [1.29, 1.82) is 0 Å². The van der Waals surface area contributed by atoms with E-state index in [1.54, 1.807) is 0 Å². The summed E-state index contributed by atoms with van der Waals surface area (Å²) in [6, 6.07) is 3.95. The maximum Gasteiger partial charge on any atom is 0.0642 e. The lowest BCUT2D eigenvalue weighted by atomic mass is 10.0. The van der Waals surface area contributed by atoms with E-state index >= 15 is 0 Å². The van der Waals surface area contributed by atoms with E-state index in [2.05, 4.69) is 306 Å². The normalized spacial score (nSPS) is 20.9. The van der Waals surface area contributed by atoms with Crippen LogP contribution in [0.15, 0.2) is 110 Å². The lowest BCUT2D eigenvalue weighted by Crippen LogP contribution is -2.44. The van der Waals surface area contributed by atoms with E-state index in [4.69, 9.17) is 10.5 Å². The Morgan fingerprint density at radius 1 is 0.315 bits per heavy atom. The van der Waals surface area contributed by atoms with Crippen molar-refractivity contribution in [2.75, 3.05) is 214 Å². The molecule has 18 nitrogen and oxygen atoms in total. The first kappa shape index (κ1) is 105. The lowest BCUT2D eigenvalue weighted by molar-refractivity contribution is 0.0499. The van der Waals surface area contributed by atoms with Crippen LogP contribution in [0, 0.1) is 53.3 Å². The summed E-state index contributed by atoms with van der Waals surface area (Å²) in [7, 11) is 17.0. The second kappa shape index (κ2) is 56.7. The number of ether oxygens (including phenoxy) is 1. The number of nitrogens with two attached hydrogens (primary N) is 1. The standard InChI is InChI=1S/C12H24N2.3C11H22N2.3C10H20N2.C9H18N2.C9H17NO/c1-10(2)11(3)14-8-6-12(7-9-14)13(4)5;1-9(2)10(3)13-7-6-11(8-13)12(4)5;1-9(2)10(3)13-7-5-11(12-4)6-8-13;1-9(2)10(3)13-7-5-6-11(8-13)12-4;1-9(2)10(3)12-7-5-11(4)6-8-12;1-8(2)9(3)12-6-5-10(7-12)11-4;1-8(2)9(3)12-6-4-10(11)5-7-12;1-8(2)9(3)11-6-4-10-5-7-11;1-8(2)9(3)10-4-6-11-7-5-10/h10,12H,3,6-9H2,1-2,4-5H3;9,11H,3,6-8H2,1-2,4-5H3;2*9,11-12H,3,5-8H2,1-2,4H3;9H,3,5-8H2,1-2,4H3;8,10-11H,3,5-7H2,1-2,4H3;8,10H,3-7,11H2,1-2H3;8,10H,3-7H2,1-2H3;8H,3-7H2,1-2H3. The fourth-order valence-corrected chi connectivity index (χ4v) is 14.6. The summed E-state index contributed by atoms with van der Waals surface area (Å²) in [6.07, 6.45) is 12.4. The molecule has 3 atom stereocenters. The van der Waals surface area contributed by atoms with Crippen molar-refractivity contribution in [3.8, 4) is 0 Å². The summed E-state index contributed by atoms with van der Waals surface area (Å²) in [6.45, 7) is 103. The molecule has 9 heterocycles. The number of morpholine rings is 1. The van der Waals surface area contributed by atoms with Gasteiger partial charge in [0, 0.05) is 232 Å². The molecular weight excluding hydrogens is 1370 g/mol. The first-order valence-corrected chi connectivity index (χ1v) is 44.1. The van der Waals surface area contributed by atoms with Gasteiger partial charge in [0.2, 0.25) is 0 Å². The highest BCUT2D eigenvalue weighted by atomic mass is 16.5. The second-order valence-corrected chi connectivity index (χ2v) is 36.1. The Bertz CT molecular complexity index is 2470. The van der Waals surface area contributed by atoms with Gasteiger partial charge in [0.1, 0.15) is 0 Å². The molecule has 111 heavy (non-hydrogen) atoms. The Labute approximate surface area is 689 Å². The minimum absolute atomic E-state index is 0.418. The number of piperazine rings is 2. The van der Waals surface area contributed by atoms with Gasteiger partial charge in [-0.2, -0.15) is 0 Å². The number of nitrogens with one attached hydrogen (secondary N) is 4. The first-order valence-electron chi connectivity index (χ1n) is 44.1. The molecule has 9 fully saturated rings. The van der Waals surface area contributed by atoms with Gasteiger partial charge < -0.3 is 90.5 Å². The average molecular weight is 1560 g/mol. The zero-order valence-electron chi connectivity index (χ0n) is 77.9. The predicted octanol–water partition coefficient (Wildman–Crippen LogP) is 14.6. The first-order chi connectivity index (χ1) is 52.1. The highest BCUT2D eigenvalue weighted by molar-refractivity contribution is 5.07. The summed E-state index contributed by atoms with van der Waals surface area (Å²) in [4.78, 5) is 28.6. The molecule has 0 saturated carbocycles. The molecule has 3 unspecified atom stereocenters. The highest BCUT2D eigenvalue weighted by Gasteiger charge is 2.28. The number of hydrogen-bond acceptors (Lipinski definition) is 18. The maximum atomic E-state index is 5.82. The minimum atomic E-state index is 0.418. The Kier molecular flexibility index (Phi) is 53.4. The van der Waals surface area contributed by atoms with Crippen molar-refractivity contribution < 1.29 is 4.74 Å². The van der Waals surface area contributed by atoms with Crippen LogP contribution in [0.2, 0.25) is 0 Å². The summed E-state index contributed by atoms with van der Waals surface area (Å²) in [5, 5.41) is 13.3. The summed E-state index contributed by atoms with van der Waals surface area (Å²) in [5.41, 5.74) is 17.4. The zero-order valence-corrected chi connectivity index (χ0v) is 77.9. The van der Waals surface area contributed by atoms with Crippen molar-refractivity contribution >= 4 is 0 Å². The van der Waals surface area contributed by atoms with Gasteiger partial charge in [-0.3, -0.25) is 0 Å². The Hall–Kier alpha value is -4.50. The molecule has 648 valence electrons. The third-order valence-corrected chi connectivity index (χ3v) is 24.2. The molecule has 0 aromatic rings. The molecule has 18 heteroatoms. The van der Waals surface area contributed by atoms with E-state index in [-0.39, 0.29) is 0 Å². The third-order valence-electron chi connectivity index (χ3n) is 24.2. The van der Waals surface area contributed by atoms with Crippen LogP contribution < -0.4 is 27.0 Å².